The third-order valence-electron chi connectivity index (χ3n) is 7.61. The zero-order valence-corrected chi connectivity index (χ0v) is 21.6. The van der Waals surface area contributed by atoms with Gasteiger partial charge < -0.3 is 14.5 Å². The Kier molecular flexibility index (Phi) is 7.00. The smallest absolute Gasteiger partial charge is 0.255 e. The number of fused-ring (bicyclic) bond motifs is 1. The molecule has 192 valence electrons. The highest BCUT2D eigenvalue weighted by Gasteiger charge is 2.46. The summed E-state index contributed by atoms with van der Waals surface area (Å²) in [6.07, 6.45) is 1.10. The van der Waals surface area contributed by atoms with Crippen molar-refractivity contribution >= 4 is 11.8 Å². The molecule has 1 saturated heterocycles. The van der Waals surface area contributed by atoms with Crippen LogP contribution in [0.4, 0.5) is 4.39 Å². The number of methoxy groups -OCH3 is 1. The van der Waals surface area contributed by atoms with Crippen molar-refractivity contribution in [1.29, 1.82) is 0 Å². The molecule has 2 amide bonds. The van der Waals surface area contributed by atoms with E-state index in [1.54, 1.807) is 30.2 Å². The normalized spacial score (nSPS) is 23.5. The van der Waals surface area contributed by atoms with Gasteiger partial charge in [-0.1, -0.05) is 56.3 Å². The van der Waals surface area contributed by atoms with Gasteiger partial charge in [-0.3, -0.25) is 9.59 Å². The lowest BCUT2D eigenvalue weighted by Gasteiger charge is -2.45. The summed E-state index contributed by atoms with van der Waals surface area (Å²) in [5.74, 6) is 0.574. The van der Waals surface area contributed by atoms with Gasteiger partial charge in [0.15, 0.2) is 0 Å². The van der Waals surface area contributed by atoms with Crippen molar-refractivity contribution < 1.29 is 18.7 Å². The van der Waals surface area contributed by atoms with E-state index in [1.165, 1.54) is 12.1 Å². The Morgan fingerprint density at radius 2 is 1.59 bits per heavy atom. The van der Waals surface area contributed by atoms with E-state index in [0.29, 0.717) is 36.2 Å². The van der Waals surface area contributed by atoms with Crippen molar-refractivity contribution in [1.82, 2.24) is 9.80 Å². The lowest BCUT2D eigenvalue weighted by Crippen LogP contribution is -2.50. The van der Waals surface area contributed by atoms with E-state index in [2.05, 4.69) is 13.8 Å². The molecule has 2 aliphatic rings. The van der Waals surface area contributed by atoms with Gasteiger partial charge in [0.25, 0.3) is 5.91 Å². The summed E-state index contributed by atoms with van der Waals surface area (Å²) in [5.41, 5.74) is 2.98. The first-order valence-corrected chi connectivity index (χ1v) is 12.9. The number of benzene rings is 3. The Morgan fingerprint density at radius 3 is 2.24 bits per heavy atom. The van der Waals surface area contributed by atoms with Crippen molar-refractivity contribution in [3.05, 3.63) is 101 Å². The molecule has 0 N–H and O–H groups in total. The highest BCUT2D eigenvalue weighted by molar-refractivity contribution is 6.01. The number of nitrogens with zero attached hydrogens (tertiary/aromatic N) is 2. The molecule has 3 aromatic rings. The molecule has 0 radical (unpaired) electrons. The molecule has 3 aromatic carbocycles. The fraction of sp³-hybridized carbons (Fsp3) is 0.355. The number of hydrogen-bond donors (Lipinski definition) is 0. The topological polar surface area (TPSA) is 49.9 Å². The van der Waals surface area contributed by atoms with Crippen molar-refractivity contribution in [3.63, 3.8) is 0 Å². The molecule has 4 atom stereocenters. The summed E-state index contributed by atoms with van der Waals surface area (Å²) < 4.78 is 19.0. The second-order valence-corrected chi connectivity index (χ2v) is 10.5. The third-order valence-corrected chi connectivity index (χ3v) is 7.61. The molecule has 0 aliphatic carbocycles. The van der Waals surface area contributed by atoms with Crippen LogP contribution in [-0.2, 0) is 11.3 Å². The minimum absolute atomic E-state index is 0.0447. The van der Waals surface area contributed by atoms with Gasteiger partial charge in [0.1, 0.15) is 11.6 Å². The monoisotopic (exact) mass is 500 g/mol. The van der Waals surface area contributed by atoms with E-state index in [0.717, 1.165) is 23.1 Å². The Hall–Kier alpha value is -3.67. The van der Waals surface area contributed by atoms with Gasteiger partial charge in [0, 0.05) is 25.2 Å². The summed E-state index contributed by atoms with van der Waals surface area (Å²) in [6, 6.07) is 20.7. The molecular formula is C31H33FN2O3. The van der Waals surface area contributed by atoms with Crippen LogP contribution in [0.1, 0.15) is 59.3 Å². The first-order valence-electron chi connectivity index (χ1n) is 12.9. The quantitative estimate of drug-likeness (QED) is 0.444. The van der Waals surface area contributed by atoms with Crippen LogP contribution in [0.15, 0.2) is 72.8 Å². The predicted octanol–water partition coefficient (Wildman–Crippen LogP) is 5.82. The molecule has 37 heavy (non-hydrogen) atoms. The standard InChI is InChI=1S/C31H33FN2O3/c1-20-16-21(2)18-33(17-20)31(36)28-26-6-4-5-7-27(26)30(35)34(19-22-8-12-24(32)13-9-22)29(28)23-10-14-25(37-3)15-11-23/h4-15,20-21,28-29H,16-19H2,1-3H3. The summed E-state index contributed by atoms with van der Waals surface area (Å²) >= 11 is 0. The van der Waals surface area contributed by atoms with Crippen molar-refractivity contribution in [2.75, 3.05) is 20.2 Å². The van der Waals surface area contributed by atoms with E-state index in [4.69, 9.17) is 4.74 Å². The van der Waals surface area contributed by atoms with Gasteiger partial charge in [0.05, 0.1) is 19.1 Å². The zero-order chi connectivity index (χ0) is 26.1. The lowest BCUT2D eigenvalue weighted by molar-refractivity contribution is -0.137. The Labute approximate surface area is 217 Å². The molecule has 0 bridgehead atoms. The molecule has 1 fully saturated rings. The summed E-state index contributed by atoms with van der Waals surface area (Å²) in [4.78, 5) is 32.1. The molecule has 5 rings (SSSR count). The maximum absolute atomic E-state index is 14.4. The number of amides is 2. The second-order valence-electron chi connectivity index (χ2n) is 10.5. The van der Waals surface area contributed by atoms with Gasteiger partial charge in [-0.05, 0) is 65.3 Å². The summed E-state index contributed by atoms with van der Waals surface area (Å²) in [7, 11) is 1.61. The van der Waals surface area contributed by atoms with Crippen LogP contribution >= 0.6 is 0 Å². The molecule has 5 nitrogen and oxygen atoms in total. The van der Waals surface area contributed by atoms with Crippen LogP contribution in [0.2, 0.25) is 0 Å². The summed E-state index contributed by atoms with van der Waals surface area (Å²) in [6.45, 7) is 6.07. The fourth-order valence-electron chi connectivity index (χ4n) is 6.03. The number of ether oxygens (including phenoxy) is 1. The van der Waals surface area contributed by atoms with E-state index < -0.39 is 12.0 Å². The predicted molar refractivity (Wildman–Crippen MR) is 141 cm³/mol. The van der Waals surface area contributed by atoms with Gasteiger partial charge in [-0.2, -0.15) is 0 Å². The number of carbonyl (C=O) groups is 2. The molecule has 0 aromatic heterocycles. The Morgan fingerprint density at radius 1 is 0.946 bits per heavy atom. The average molecular weight is 501 g/mol. The zero-order valence-electron chi connectivity index (χ0n) is 21.6. The largest absolute Gasteiger partial charge is 0.497 e. The molecule has 0 saturated carbocycles. The van der Waals surface area contributed by atoms with E-state index >= 15 is 0 Å². The minimum Gasteiger partial charge on any atom is -0.497 e. The highest BCUT2D eigenvalue weighted by atomic mass is 19.1. The van der Waals surface area contributed by atoms with Crippen LogP contribution < -0.4 is 4.74 Å². The Balaban J connectivity index is 1.64. The number of carbonyl (C=O) groups excluding carboxylic acids is 2. The van der Waals surface area contributed by atoms with E-state index in [1.807, 2.05) is 47.4 Å². The van der Waals surface area contributed by atoms with Crippen LogP contribution in [0.25, 0.3) is 0 Å². The number of hydrogen-bond acceptors (Lipinski definition) is 3. The molecule has 2 aliphatic heterocycles. The van der Waals surface area contributed by atoms with Crippen molar-refractivity contribution in [3.8, 4) is 5.75 Å². The van der Waals surface area contributed by atoms with Crippen molar-refractivity contribution in [2.45, 2.75) is 38.8 Å². The lowest BCUT2D eigenvalue weighted by atomic mass is 9.78. The first kappa shape index (κ1) is 25.0. The maximum atomic E-state index is 14.4. The van der Waals surface area contributed by atoms with Gasteiger partial charge in [0.2, 0.25) is 5.91 Å². The van der Waals surface area contributed by atoms with Crippen molar-refractivity contribution in [2.24, 2.45) is 11.8 Å². The highest BCUT2D eigenvalue weighted by Crippen LogP contribution is 2.45. The molecule has 2 heterocycles. The van der Waals surface area contributed by atoms with Crippen LogP contribution in [-0.4, -0.2) is 41.8 Å². The average Bonchev–Trinajstić information content (AvgIpc) is 2.90. The molecule has 4 unspecified atom stereocenters. The molecule has 0 spiro atoms. The minimum atomic E-state index is -0.555. The Bertz CT molecular complexity index is 1260. The number of halogens is 1. The van der Waals surface area contributed by atoms with Crippen LogP contribution in [0, 0.1) is 17.7 Å². The number of piperidine rings is 1. The van der Waals surface area contributed by atoms with Gasteiger partial charge >= 0.3 is 0 Å². The van der Waals surface area contributed by atoms with E-state index in [-0.39, 0.29) is 24.2 Å². The van der Waals surface area contributed by atoms with Gasteiger partial charge in [-0.15, -0.1) is 0 Å². The van der Waals surface area contributed by atoms with Crippen LogP contribution in [0.3, 0.4) is 0 Å². The fourth-order valence-corrected chi connectivity index (χ4v) is 6.03. The maximum Gasteiger partial charge on any atom is 0.255 e. The molecular weight excluding hydrogens is 467 g/mol. The molecule has 6 heteroatoms. The first-order chi connectivity index (χ1) is 17.9. The summed E-state index contributed by atoms with van der Waals surface area (Å²) in [5, 5.41) is 0. The number of rotatable bonds is 5. The van der Waals surface area contributed by atoms with Crippen LogP contribution in [0.5, 0.6) is 5.75 Å². The third kappa shape index (κ3) is 4.97. The van der Waals surface area contributed by atoms with Gasteiger partial charge in [-0.25, -0.2) is 4.39 Å². The van der Waals surface area contributed by atoms with E-state index in [9.17, 15) is 14.0 Å². The SMILES string of the molecule is COc1ccc(C2C(C(=O)N3CC(C)CC(C)C3)c3ccccc3C(=O)N2Cc2ccc(F)cc2)cc1. The number of likely N-dealkylation sites (tertiary alicyclic amines) is 1. The second kappa shape index (κ2) is 10.4.